The molecule has 4 nitrogen and oxygen atoms in total. The summed E-state index contributed by atoms with van der Waals surface area (Å²) in [4.78, 5) is 6.25. The summed E-state index contributed by atoms with van der Waals surface area (Å²) < 4.78 is 5.35. The third-order valence-electron chi connectivity index (χ3n) is 2.58. The van der Waals surface area contributed by atoms with Gasteiger partial charge in [-0.1, -0.05) is 29.8 Å². The lowest BCUT2D eigenvalue weighted by atomic mass is 10.1. The molecule has 2 N–H and O–H groups in total. The van der Waals surface area contributed by atoms with Gasteiger partial charge in [-0.3, -0.25) is 0 Å². The predicted molar refractivity (Wildman–Crippen MR) is 67.7 cm³/mol. The smallest absolute Gasteiger partial charge is 0.297 e. The fraction of sp³-hybridized carbons (Fsp3) is 0.308. The van der Waals surface area contributed by atoms with Crippen LogP contribution in [0.5, 0.6) is 0 Å². The van der Waals surface area contributed by atoms with Crippen LogP contribution >= 0.6 is 0 Å². The Morgan fingerprint density at radius 3 is 2.88 bits per heavy atom. The quantitative estimate of drug-likeness (QED) is 0.875. The van der Waals surface area contributed by atoms with Crippen molar-refractivity contribution >= 4 is 6.01 Å². The van der Waals surface area contributed by atoms with E-state index in [2.05, 4.69) is 36.2 Å². The Kier molecular flexibility index (Phi) is 3.44. The van der Waals surface area contributed by atoms with E-state index < -0.39 is 0 Å². The first-order valence-electron chi connectivity index (χ1n) is 5.60. The number of nitrogens with two attached hydrogens (primary N) is 1. The van der Waals surface area contributed by atoms with Crippen molar-refractivity contribution in [2.75, 3.05) is 11.9 Å². The molecule has 1 aromatic heterocycles. The van der Waals surface area contributed by atoms with Crippen LogP contribution in [-0.4, -0.2) is 12.0 Å². The number of benzene rings is 1. The zero-order valence-corrected chi connectivity index (χ0v) is 10.2. The van der Waals surface area contributed by atoms with E-state index in [0.29, 0.717) is 12.6 Å². The Morgan fingerprint density at radius 1 is 1.41 bits per heavy atom. The minimum absolute atomic E-state index is 0.405. The second kappa shape index (κ2) is 5.01. The molecule has 2 rings (SSSR count). The number of oxazole rings is 1. The van der Waals surface area contributed by atoms with Gasteiger partial charge < -0.3 is 15.1 Å². The molecule has 0 aliphatic heterocycles. The lowest BCUT2D eigenvalue weighted by Crippen LogP contribution is -2.16. The van der Waals surface area contributed by atoms with E-state index in [1.807, 2.05) is 11.9 Å². The summed E-state index contributed by atoms with van der Waals surface area (Å²) in [5.41, 5.74) is 8.76. The van der Waals surface area contributed by atoms with Crippen molar-refractivity contribution in [2.24, 2.45) is 5.73 Å². The molecule has 0 bridgehead atoms. The van der Waals surface area contributed by atoms with Gasteiger partial charge in [0.15, 0.2) is 0 Å². The first kappa shape index (κ1) is 11.7. The summed E-state index contributed by atoms with van der Waals surface area (Å²) in [7, 11) is 1.95. The van der Waals surface area contributed by atoms with Crippen LogP contribution in [0.1, 0.15) is 16.8 Å². The molecule has 0 atom stereocenters. The fourth-order valence-corrected chi connectivity index (χ4v) is 1.72. The normalized spacial score (nSPS) is 10.5. The Balaban J connectivity index is 2.08. The van der Waals surface area contributed by atoms with Gasteiger partial charge in [-0.2, -0.15) is 4.98 Å². The maximum Gasteiger partial charge on any atom is 0.297 e. The van der Waals surface area contributed by atoms with E-state index in [1.54, 1.807) is 6.26 Å². The van der Waals surface area contributed by atoms with E-state index in [0.717, 1.165) is 12.2 Å². The number of nitrogens with zero attached hydrogens (tertiary/aromatic N) is 2. The lowest BCUT2D eigenvalue weighted by Gasteiger charge is -2.14. The van der Waals surface area contributed by atoms with Crippen molar-refractivity contribution < 1.29 is 4.42 Å². The summed E-state index contributed by atoms with van der Waals surface area (Å²) in [5.74, 6) is 0. The zero-order valence-electron chi connectivity index (χ0n) is 10.2. The minimum Gasteiger partial charge on any atom is -0.432 e. The average molecular weight is 231 g/mol. The number of rotatable bonds is 4. The highest BCUT2D eigenvalue weighted by molar-refractivity contribution is 5.30. The standard InChI is InChI=1S/C13H17N3O/c1-10-4-3-5-11(6-10)8-16(2)13-15-12(7-14)9-17-13/h3-6,9H,7-8,14H2,1-2H3. The molecule has 0 saturated carbocycles. The highest BCUT2D eigenvalue weighted by atomic mass is 16.4. The minimum atomic E-state index is 0.405. The Bertz CT molecular complexity index is 493. The largest absolute Gasteiger partial charge is 0.432 e. The third-order valence-corrected chi connectivity index (χ3v) is 2.58. The molecule has 0 radical (unpaired) electrons. The topological polar surface area (TPSA) is 55.3 Å². The average Bonchev–Trinajstić information content (AvgIpc) is 2.77. The first-order chi connectivity index (χ1) is 8.19. The fourth-order valence-electron chi connectivity index (χ4n) is 1.72. The third kappa shape index (κ3) is 2.85. The van der Waals surface area contributed by atoms with E-state index in [9.17, 15) is 0 Å². The van der Waals surface area contributed by atoms with Crippen LogP contribution in [-0.2, 0) is 13.1 Å². The summed E-state index contributed by atoms with van der Waals surface area (Å²) in [6.45, 7) is 3.26. The van der Waals surface area contributed by atoms with Crippen LogP contribution in [0, 0.1) is 6.92 Å². The van der Waals surface area contributed by atoms with Gasteiger partial charge in [0.2, 0.25) is 0 Å². The molecule has 2 aromatic rings. The van der Waals surface area contributed by atoms with E-state index in [4.69, 9.17) is 10.2 Å². The molecule has 0 spiro atoms. The zero-order chi connectivity index (χ0) is 12.3. The maximum atomic E-state index is 5.49. The Morgan fingerprint density at radius 2 is 2.24 bits per heavy atom. The van der Waals surface area contributed by atoms with Gasteiger partial charge in [0.05, 0.1) is 5.69 Å². The second-order valence-electron chi connectivity index (χ2n) is 4.17. The summed E-state index contributed by atoms with van der Waals surface area (Å²) in [6.07, 6.45) is 1.60. The molecule has 0 fully saturated rings. The van der Waals surface area contributed by atoms with E-state index in [-0.39, 0.29) is 0 Å². The molecule has 0 aliphatic rings. The molecule has 0 saturated heterocycles. The lowest BCUT2D eigenvalue weighted by molar-refractivity contribution is 0.544. The molecule has 1 aromatic carbocycles. The molecule has 4 heteroatoms. The SMILES string of the molecule is Cc1cccc(CN(C)c2nc(CN)co2)c1. The van der Waals surface area contributed by atoms with Crippen LogP contribution < -0.4 is 10.6 Å². The van der Waals surface area contributed by atoms with Crippen LogP contribution in [0.4, 0.5) is 6.01 Å². The van der Waals surface area contributed by atoms with Gasteiger partial charge >= 0.3 is 0 Å². The van der Waals surface area contributed by atoms with Crippen molar-refractivity contribution in [3.8, 4) is 0 Å². The number of hydrogen-bond acceptors (Lipinski definition) is 4. The summed E-state index contributed by atoms with van der Waals surface area (Å²) >= 11 is 0. The first-order valence-corrected chi connectivity index (χ1v) is 5.60. The van der Waals surface area contributed by atoms with Crippen molar-refractivity contribution in [2.45, 2.75) is 20.0 Å². The van der Waals surface area contributed by atoms with Crippen molar-refractivity contribution in [1.82, 2.24) is 4.98 Å². The molecular formula is C13H17N3O. The highest BCUT2D eigenvalue weighted by Crippen LogP contribution is 2.15. The van der Waals surface area contributed by atoms with Gasteiger partial charge in [-0.25, -0.2) is 0 Å². The summed E-state index contributed by atoms with van der Waals surface area (Å²) in [5, 5.41) is 0. The Labute approximate surface area is 101 Å². The van der Waals surface area contributed by atoms with Crippen molar-refractivity contribution in [1.29, 1.82) is 0 Å². The molecular weight excluding hydrogens is 214 g/mol. The van der Waals surface area contributed by atoms with Crippen molar-refractivity contribution in [3.63, 3.8) is 0 Å². The molecule has 1 heterocycles. The van der Waals surface area contributed by atoms with Crippen LogP contribution in [0.25, 0.3) is 0 Å². The van der Waals surface area contributed by atoms with Gasteiger partial charge in [0.25, 0.3) is 6.01 Å². The summed E-state index contributed by atoms with van der Waals surface area (Å²) in [6, 6.07) is 8.99. The number of aryl methyl sites for hydroxylation is 1. The van der Waals surface area contributed by atoms with Crippen LogP contribution in [0.15, 0.2) is 34.9 Å². The Hall–Kier alpha value is -1.81. The van der Waals surface area contributed by atoms with Gasteiger partial charge in [0, 0.05) is 20.1 Å². The van der Waals surface area contributed by atoms with Gasteiger partial charge in [-0.05, 0) is 12.5 Å². The molecule has 0 amide bonds. The number of anilines is 1. The van der Waals surface area contributed by atoms with E-state index in [1.165, 1.54) is 11.1 Å². The molecule has 0 unspecified atom stereocenters. The van der Waals surface area contributed by atoms with E-state index >= 15 is 0 Å². The van der Waals surface area contributed by atoms with Gasteiger partial charge in [-0.15, -0.1) is 0 Å². The predicted octanol–water partition coefficient (Wildman–Crippen LogP) is 2.08. The molecule has 90 valence electrons. The highest BCUT2D eigenvalue weighted by Gasteiger charge is 2.08. The number of hydrogen-bond donors (Lipinski definition) is 1. The molecule has 0 aliphatic carbocycles. The van der Waals surface area contributed by atoms with Crippen LogP contribution in [0.3, 0.4) is 0 Å². The van der Waals surface area contributed by atoms with Crippen LogP contribution in [0.2, 0.25) is 0 Å². The molecule has 17 heavy (non-hydrogen) atoms. The monoisotopic (exact) mass is 231 g/mol. The number of aromatic nitrogens is 1. The second-order valence-corrected chi connectivity index (χ2v) is 4.17. The maximum absolute atomic E-state index is 5.49. The van der Waals surface area contributed by atoms with Gasteiger partial charge in [0.1, 0.15) is 6.26 Å². The van der Waals surface area contributed by atoms with Crippen molar-refractivity contribution in [3.05, 3.63) is 47.3 Å².